The van der Waals surface area contributed by atoms with Crippen molar-refractivity contribution in [3.05, 3.63) is 52.3 Å². The fraction of sp³-hybridized carbons (Fsp3) is 0.214. The summed E-state index contributed by atoms with van der Waals surface area (Å²) >= 11 is 3.50. The van der Waals surface area contributed by atoms with Gasteiger partial charge in [-0.05, 0) is 43.7 Å². The first-order valence-corrected chi connectivity index (χ1v) is 6.51. The average Bonchev–Trinajstić information content (AvgIpc) is 2.32. The van der Waals surface area contributed by atoms with Crippen LogP contribution < -0.4 is 10.5 Å². The van der Waals surface area contributed by atoms with Crippen LogP contribution in [0.15, 0.2) is 41.0 Å². The van der Waals surface area contributed by atoms with Gasteiger partial charge in [-0.25, -0.2) is 0 Å². The summed E-state index contributed by atoms with van der Waals surface area (Å²) in [5.41, 5.74) is 7.88. The van der Waals surface area contributed by atoms with Crippen LogP contribution >= 0.6 is 15.9 Å². The third-order valence-electron chi connectivity index (χ3n) is 2.58. The number of hydrogen-bond donors (Lipinski definition) is 1. The van der Waals surface area contributed by atoms with Crippen molar-refractivity contribution in [1.82, 2.24) is 4.98 Å². The van der Waals surface area contributed by atoms with Crippen molar-refractivity contribution in [2.45, 2.75) is 19.9 Å². The summed E-state index contributed by atoms with van der Waals surface area (Å²) in [6, 6.07) is 9.60. The molecular weight excluding hydrogens is 292 g/mol. The van der Waals surface area contributed by atoms with E-state index >= 15 is 0 Å². The third-order valence-corrected chi connectivity index (χ3v) is 3.27. The lowest BCUT2D eigenvalue weighted by atomic mass is 10.1. The van der Waals surface area contributed by atoms with Crippen LogP contribution in [0.1, 0.15) is 24.2 Å². The van der Waals surface area contributed by atoms with E-state index in [4.69, 9.17) is 10.5 Å². The number of nitrogens with zero attached hydrogens (tertiary/aromatic N) is 1. The summed E-state index contributed by atoms with van der Waals surface area (Å²) in [5.74, 6) is 1.48. The number of aryl methyl sites for hydroxylation is 1. The van der Waals surface area contributed by atoms with Crippen LogP contribution in [0.5, 0.6) is 11.5 Å². The van der Waals surface area contributed by atoms with Gasteiger partial charge in [-0.15, -0.1) is 0 Å². The van der Waals surface area contributed by atoms with E-state index < -0.39 is 0 Å². The fourth-order valence-corrected chi connectivity index (χ4v) is 2.31. The molecule has 0 amide bonds. The standard InChI is InChI=1S/C14H15BrN2O/c1-9-3-4-12(8-17-9)18-11-5-6-13(10(2)16)14(15)7-11/h3-8,10H,16H2,1-2H3/t10-/m1/s1. The molecule has 2 rings (SSSR count). The minimum absolute atomic E-state index is 0.00512. The summed E-state index contributed by atoms with van der Waals surface area (Å²) in [6.07, 6.45) is 1.71. The van der Waals surface area contributed by atoms with Gasteiger partial charge in [0, 0.05) is 16.2 Å². The predicted octanol–water partition coefficient (Wildman–Crippen LogP) is 3.96. The minimum atomic E-state index is -0.00512. The van der Waals surface area contributed by atoms with E-state index in [2.05, 4.69) is 20.9 Å². The van der Waals surface area contributed by atoms with E-state index in [0.717, 1.165) is 27.2 Å². The van der Waals surface area contributed by atoms with E-state index in [1.165, 1.54) is 0 Å². The maximum Gasteiger partial charge on any atom is 0.145 e. The Morgan fingerprint density at radius 1 is 1.22 bits per heavy atom. The monoisotopic (exact) mass is 306 g/mol. The zero-order chi connectivity index (χ0) is 13.1. The first kappa shape index (κ1) is 13.1. The van der Waals surface area contributed by atoms with Gasteiger partial charge in [-0.2, -0.15) is 0 Å². The second-order valence-electron chi connectivity index (χ2n) is 4.21. The maximum atomic E-state index is 5.85. The van der Waals surface area contributed by atoms with Gasteiger partial charge in [0.2, 0.25) is 0 Å². The highest BCUT2D eigenvalue weighted by molar-refractivity contribution is 9.10. The fourth-order valence-electron chi connectivity index (χ4n) is 1.59. The lowest BCUT2D eigenvalue weighted by molar-refractivity contribution is 0.479. The number of aromatic nitrogens is 1. The minimum Gasteiger partial charge on any atom is -0.456 e. The van der Waals surface area contributed by atoms with Crippen LogP contribution in [0.3, 0.4) is 0 Å². The Morgan fingerprint density at radius 3 is 2.50 bits per heavy atom. The largest absolute Gasteiger partial charge is 0.456 e. The van der Waals surface area contributed by atoms with Crippen LogP contribution in [0, 0.1) is 6.92 Å². The SMILES string of the molecule is Cc1ccc(Oc2ccc([C@@H](C)N)c(Br)c2)cn1. The van der Waals surface area contributed by atoms with Crippen molar-refractivity contribution in [3.8, 4) is 11.5 Å². The predicted molar refractivity (Wildman–Crippen MR) is 75.8 cm³/mol. The molecular formula is C14H15BrN2O. The first-order chi connectivity index (χ1) is 8.56. The molecule has 0 bridgehead atoms. The molecule has 18 heavy (non-hydrogen) atoms. The second kappa shape index (κ2) is 5.50. The van der Waals surface area contributed by atoms with E-state index in [1.807, 2.05) is 44.2 Å². The normalized spacial score (nSPS) is 12.2. The average molecular weight is 307 g/mol. The molecule has 1 heterocycles. The van der Waals surface area contributed by atoms with Crippen LogP contribution in [0.2, 0.25) is 0 Å². The summed E-state index contributed by atoms with van der Waals surface area (Å²) in [7, 11) is 0. The quantitative estimate of drug-likeness (QED) is 0.933. The number of benzene rings is 1. The second-order valence-corrected chi connectivity index (χ2v) is 5.06. The number of pyridine rings is 1. The number of hydrogen-bond acceptors (Lipinski definition) is 3. The number of halogens is 1. The van der Waals surface area contributed by atoms with Crippen molar-refractivity contribution < 1.29 is 4.74 Å². The molecule has 0 fully saturated rings. The first-order valence-electron chi connectivity index (χ1n) is 5.72. The van der Waals surface area contributed by atoms with Gasteiger partial charge in [0.05, 0.1) is 6.20 Å². The van der Waals surface area contributed by atoms with Crippen molar-refractivity contribution in [3.63, 3.8) is 0 Å². The Balaban J connectivity index is 2.20. The third kappa shape index (κ3) is 3.09. The molecule has 0 aliphatic rings. The zero-order valence-corrected chi connectivity index (χ0v) is 11.9. The number of ether oxygens (including phenoxy) is 1. The Morgan fingerprint density at radius 2 is 1.94 bits per heavy atom. The zero-order valence-electron chi connectivity index (χ0n) is 10.4. The van der Waals surface area contributed by atoms with E-state index in [-0.39, 0.29) is 6.04 Å². The summed E-state index contributed by atoms with van der Waals surface area (Å²) in [4.78, 5) is 4.19. The van der Waals surface area contributed by atoms with Gasteiger partial charge in [-0.1, -0.05) is 22.0 Å². The van der Waals surface area contributed by atoms with Crippen molar-refractivity contribution in [1.29, 1.82) is 0 Å². The Labute approximate surface area is 115 Å². The summed E-state index contributed by atoms with van der Waals surface area (Å²) in [6.45, 7) is 3.89. The molecule has 1 aromatic carbocycles. The lowest BCUT2D eigenvalue weighted by Crippen LogP contribution is -2.05. The molecule has 0 aliphatic heterocycles. The van der Waals surface area contributed by atoms with Gasteiger partial charge in [0.1, 0.15) is 11.5 Å². The van der Waals surface area contributed by atoms with Gasteiger partial charge in [-0.3, -0.25) is 4.98 Å². The van der Waals surface area contributed by atoms with Crippen LogP contribution in [0.25, 0.3) is 0 Å². The molecule has 0 spiro atoms. The molecule has 2 aromatic rings. The van der Waals surface area contributed by atoms with Gasteiger partial charge >= 0.3 is 0 Å². The molecule has 0 unspecified atom stereocenters. The molecule has 3 nitrogen and oxygen atoms in total. The van der Waals surface area contributed by atoms with Crippen LogP contribution in [0.4, 0.5) is 0 Å². The molecule has 0 saturated carbocycles. The van der Waals surface area contributed by atoms with E-state index in [1.54, 1.807) is 6.20 Å². The number of nitrogens with two attached hydrogens (primary N) is 1. The molecule has 4 heteroatoms. The Kier molecular flexibility index (Phi) is 3.99. The van der Waals surface area contributed by atoms with Crippen molar-refractivity contribution in [2.24, 2.45) is 5.73 Å². The maximum absolute atomic E-state index is 5.85. The van der Waals surface area contributed by atoms with Crippen LogP contribution in [-0.2, 0) is 0 Å². The highest BCUT2D eigenvalue weighted by atomic mass is 79.9. The van der Waals surface area contributed by atoms with E-state index in [9.17, 15) is 0 Å². The molecule has 1 atom stereocenters. The van der Waals surface area contributed by atoms with Crippen LogP contribution in [-0.4, -0.2) is 4.98 Å². The molecule has 0 radical (unpaired) electrons. The smallest absolute Gasteiger partial charge is 0.145 e. The van der Waals surface area contributed by atoms with Crippen molar-refractivity contribution >= 4 is 15.9 Å². The topological polar surface area (TPSA) is 48.1 Å². The molecule has 94 valence electrons. The molecule has 2 N–H and O–H groups in total. The van der Waals surface area contributed by atoms with Crippen molar-refractivity contribution in [2.75, 3.05) is 0 Å². The summed E-state index contributed by atoms with van der Waals surface area (Å²) < 4.78 is 6.67. The molecule has 1 aromatic heterocycles. The number of rotatable bonds is 3. The van der Waals surface area contributed by atoms with Gasteiger partial charge in [0.25, 0.3) is 0 Å². The molecule has 0 aliphatic carbocycles. The lowest BCUT2D eigenvalue weighted by Gasteiger charge is -2.11. The van der Waals surface area contributed by atoms with Gasteiger partial charge in [0.15, 0.2) is 0 Å². The Hall–Kier alpha value is -1.39. The molecule has 0 saturated heterocycles. The Bertz CT molecular complexity index is 538. The van der Waals surface area contributed by atoms with E-state index in [0.29, 0.717) is 0 Å². The highest BCUT2D eigenvalue weighted by Gasteiger charge is 2.06. The van der Waals surface area contributed by atoms with Gasteiger partial charge < -0.3 is 10.5 Å². The highest BCUT2D eigenvalue weighted by Crippen LogP contribution is 2.29. The summed E-state index contributed by atoms with van der Waals surface area (Å²) in [5, 5.41) is 0.